The van der Waals surface area contributed by atoms with Gasteiger partial charge in [-0.2, -0.15) is 0 Å². The van der Waals surface area contributed by atoms with Crippen molar-refractivity contribution in [2.75, 3.05) is 11.1 Å². The molecule has 0 spiro atoms. The number of nitrogens with zero attached hydrogens (tertiary/aromatic N) is 3. The first-order valence-corrected chi connectivity index (χ1v) is 8.24. The van der Waals surface area contributed by atoms with Crippen LogP contribution in [0.3, 0.4) is 0 Å². The van der Waals surface area contributed by atoms with Gasteiger partial charge in [-0.25, -0.2) is 9.78 Å². The minimum absolute atomic E-state index is 0.249. The first kappa shape index (κ1) is 18.0. The van der Waals surface area contributed by atoms with E-state index in [9.17, 15) is 4.79 Å². The molecule has 0 unspecified atom stereocenters. The molecule has 0 atom stereocenters. The van der Waals surface area contributed by atoms with Gasteiger partial charge in [0.2, 0.25) is 0 Å². The Morgan fingerprint density at radius 2 is 1.93 bits per heavy atom. The third-order valence-electron chi connectivity index (χ3n) is 3.83. The van der Waals surface area contributed by atoms with Gasteiger partial charge < -0.3 is 11.1 Å². The van der Waals surface area contributed by atoms with Gasteiger partial charge in [0.1, 0.15) is 5.82 Å². The van der Waals surface area contributed by atoms with Crippen LogP contribution < -0.4 is 16.4 Å². The van der Waals surface area contributed by atoms with Crippen LogP contribution in [-0.4, -0.2) is 26.7 Å². The number of nitrogen functional groups attached to an aromatic ring is 1. The third kappa shape index (κ3) is 4.63. The summed E-state index contributed by atoms with van der Waals surface area (Å²) in [6, 6.07) is 8.32. The number of nitrogens with one attached hydrogen (secondary N) is 3. The Hall–Kier alpha value is -3.81. The summed E-state index contributed by atoms with van der Waals surface area (Å²) in [6.07, 6.45) is 6.45. The highest BCUT2D eigenvalue weighted by Crippen LogP contribution is 2.19. The standard InChI is InChI=1S/C19H19N7O/c1-12-8-14(4-7-23-12)18(21)15-11-24-17(9-16(15)20)26-19(27)25-10-13-2-5-22-6-3-13/h2-9,11,21H,10H2,1H3,(H4,20,24,25,26,27). The van der Waals surface area contributed by atoms with E-state index in [1.165, 1.54) is 12.3 Å². The Morgan fingerprint density at radius 3 is 2.63 bits per heavy atom. The Morgan fingerprint density at radius 1 is 1.15 bits per heavy atom. The quantitative estimate of drug-likeness (QED) is 0.519. The molecule has 3 aromatic rings. The molecule has 0 aromatic carbocycles. The molecule has 0 aliphatic rings. The van der Waals surface area contributed by atoms with E-state index in [-0.39, 0.29) is 5.71 Å². The molecule has 0 bridgehead atoms. The Kier molecular flexibility index (Phi) is 5.36. The van der Waals surface area contributed by atoms with Gasteiger partial charge >= 0.3 is 6.03 Å². The lowest BCUT2D eigenvalue weighted by Gasteiger charge is -2.11. The number of aromatic nitrogens is 3. The van der Waals surface area contributed by atoms with Crippen LogP contribution in [0.1, 0.15) is 22.4 Å². The molecule has 3 heterocycles. The van der Waals surface area contributed by atoms with Gasteiger partial charge in [0.05, 0.1) is 5.71 Å². The highest BCUT2D eigenvalue weighted by molar-refractivity contribution is 6.13. The Bertz CT molecular complexity index is 973. The molecule has 8 nitrogen and oxygen atoms in total. The number of amides is 2. The van der Waals surface area contributed by atoms with E-state index < -0.39 is 6.03 Å². The Labute approximate surface area is 156 Å². The normalized spacial score (nSPS) is 10.3. The van der Waals surface area contributed by atoms with Gasteiger partial charge in [-0.3, -0.25) is 20.7 Å². The minimum atomic E-state index is -0.397. The van der Waals surface area contributed by atoms with Crippen LogP contribution in [-0.2, 0) is 6.54 Å². The average Bonchev–Trinajstić information content (AvgIpc) is 2.67. The second-order valence-electron chi connectivity index (χ2n) is 5.88. The van der Waals surface area contributed by atoms with E-state index in [4.69, 9.17) is 11.1 Å². The molecular formula is C19H19N7O. The van der Waals surface area contributed by atoms with Crippen molar-refractivity contribution in [2.24, 2.45) is 0 Å². The summed E-state index contributed by atoms with van der Waals surface area (Å²) < 4.78 is 0. The highest BCUT2D eigenvalue weighted by atomic mass is 16.2. The molecule has 0 radical (unpaired) electrons. The Balaban J connectivity index is 1.65. The summed E-state index contributed by atoms with van der Waals surface area (Å²) >= 11 is 0. The maximum Gasteiger partial charge on any atom is 0.320 e. The largest absolute Gasteiger partial charge is 0.398 e. The second kappa shape index (κ2) is 8.05. The number of urea groups is 1. The molecule has 136 valence electrons. The van der Waals surface area contributed by atoms with Crippen LogP contribution in [0.4, 0.5) is 16.3 Å². The van der Waals surface area contributed by atoms with Gasteiger partial charge in [0.15, 0.2) is 0 Å². The van der Waals surface area contributed by atoms with Crippen LogP contribution in [0.2, 0.25) is 0 Å². The van der Waals surface area contributed by atoms with Gasteiger partial charge in [-0.15, -0.1) is 0 Å². The number of aryl methyl sites for hydroxylation is 1. The number of carbonyl (C=O) groups excluding carboxylic acids is 1. The zero-order chi connectivity index (χ0) is 19.2. The molecule has 27 heavy (non-hydrogen) atoms. The maximum absolute atomic E-state index is 12.0. The topological polar surface area (TPSA) is 130 Å². The summed E-state index contributed by atoms with van der Waals surface area (Å²) in [6.45, 7) is 2.23. The smallest absolute Gasteiger partial charge is 0.320 e. The fourth-order valence-electron chi connectivity index (χ4n) is 2.45. The number of nitrogens with two attached hydrogens (primary N) is 1. The highest BCUT2D eigenvalue weighted by Gasteiger charge is 2.12. The maximum atomic E-state index is 12.0. The van der Waals surface area contributed by atoms with E-state index >= 15 is 0 Å². The first-order valence-electron chi connectivity index (χ1n) is 8.24. The summed E-state index contributed by atoms with van der Waals surface area (Å²) in [5.74, 6) is 0.308. The van der Waals surface area contributed by atoms with Crippen LogP contribution in [0.25, 0.3) is 0 Å². The molecule has 8 heteroatoms. The minimum Gasteiger partial charge on any atom is -0.398 e. The predicted molar refractivity (Wildman–Crippen MR) is 104 cm³/mol. The molecule has 0 aliphatic carbocycles. The molecular weight excluding hydrogens is 342 g/mol. The molecule has 3 rings (SSSR count). The average molecular weight is 361 g/mol. The zero-order valence-corrected chi connectivity index (χ0v) is 14.7. The monoisotopic (exact) mass is 361 g/mol. The van der Waals surface area contributed by atoms with E-state index in [2.05, 4.69) is 25.6 Å². The van der Waals surface area contributed by atoms with Gasteiger partial charge in [-0.05, 0) is 36.8 Å². The fourth-order valence-corrected chi connectivity index (χ4v) is 2.45. The van der Waals surface area contributed by atoms with Crippen molar-refractivity contribution < 1.29 is 4.79 Å². The number of rotatable bonds is 5. The number of carbonyl (C=O) groups is 1. The lowest BCUT2D eigenvalue weighted by atomic mass is 10.0. The fraction of sp³-hybridized carbons (Fsp3) is 0.105. The number of anilines is 2. The lowest BCUT2D eigenvalue weighted by molar-refractivity contribution is 0.251. The van der Waals surface area contributed by atoms with Crippen molar-refractivity contribution in [3.8, 4) is 0 Å². The van der Waals surface area contributed by atoms with E-state index in [0.29, 0.717) is 29.2 Å². The van der Waals surface area contributed by atoms with Crippen LogP contribution in [0.5, 0.6) is 0 Å². The lowest BCUT2D eigenvalue weighted by Crippen LogP contribution is -2.28. The second-order valence-corrected chi connectivity index (χ2v) is 5.88. The van der Waals surface area contributed by atoms with Crippen molar-refractivity contribution in [1.29, 1.82) is 5.41 Å². The van der Waals surface area contributed by atoms with Crippen molar-refractivity contribution in [1.82, 2.24) is 20.3 Å². The number of hydrogen-bond donors (Lipinski definition) is 4. The van der Waals surface area contributed by atoms with Gasteiger partial charge in [0, 0.05) is 59.9 Å². The van der Waals surface area contributed by atoms with Crippen molar-refractivity contribution in [3.05, 3.63) is 77.5 Å². The number of hydrogen-bond acceptors (Lipinski definition) is 6. The SMILES string of the molecule is Cc1cc(C(=N)c2cnc(NC(=O)NCc3ccncc3)cc2N)ccn1. The molecule has 0 fully saturated rings. The van der Waals surface area contributed by atoms with E-state index in [1.807, 2.05) is 19.1 Å². The van der Waals surface area contributed by atoms with Crippen molar-refractivity contribution in [2.45, 2.75) is 13.5 Å². The van der Waals surface area contributed by atoms with E-state index in [0.717, 1.165) is 11.3 Å². The number of pyridine rings is 3. The van der Waals surface area contributed by atoms with Crippen LogP contribution >= 0.6 is 0 Å². The van der Waals surface area contributed by atoms with Gasteiger partial charge in [0.25, 0.3) is 0 Å². The molecule has 2 amide bonds. The van der Waals surface area contributed by atoms with Crippen molar-refractivity contribution >= 4 is 23.2 Å². The van der Waals surface area contributed by atoms with Crippen molar-refractivity contribution in [3.63, 3.8) is 0 Å². The van der Waals surface area contributed by atoms with Crippen LogP contribution in [0, 0.1) is 12.3 Å². The molecule has 3 aromatic heterocycles. The summed E-state index contributed by atoms with van der Waals surface area (Å²) in [4.78, 5) is 24.2. The molecule has 0 aliphatic heterocycles. The van der Waals surface area contributed by atoms with Gasteiger partial charge in [-0.1, -0.05) is 0 Å². The zero-order valence-electron chi connectivity index (χ0n) is 14.7. The predicted octanol–water partition coefficient (Wildman–Crippen LogP) is 2.50. The summed E-state index contributed by atoms with van der Waals surface area (Å²) in [5.41, 5.74) is 9.61. The summed E-state index contributed by atoms with van der Waals surface area (Å²) in [5, 5.41) is 13.7. The third-order valence-corrected chi connectivity index (χ3v) is 3.83. The molecule has 0 saturated carbocycles. The van der Waals surface area contributed by atoms with E-state index in [1.54, 1.807) is 30.7 Å². The summed E-state index contributed by atoms with van der Waals surface area (Å²) in [7, 11) is 0. The molecule has 0 saturated heterocycles. The molecule has 5 N–H and O–H groups in total. The first-order chi connectivity index (χ1) is 13.0. The van der Waals surface area contributed by atoms with Crippen LogP contribution in [0.15, 0.2) is 55.1 Å².